The van der Waals surface area contributed by atoms with Crippen molar-refractivity contribution in [2.24, 2.45) is 11.3 Å². The lowest BCUT2D eigenvalue weighted by atomic mass is 9.66. The minimum atomic E-state index is -3.00. The second-order valence-corrected chi connectivity index (χ2v) is 12.8. The first-order chi connectivity index (χ1) is 16.6. The summed E-state index contributed by atoms with van der Waals surface area (Å²) in [4.78, 5) is 28.3. The first-order valence-corrected chi connectivity index (χ1v) is 14.2. The Morgan fingerprint density at radius 2 is 1.75 bits per heavy atom. The van der Waals surface area contributed by atoms with E-state index in [1.165, 1.54) is 12.3 Å². The molecule has 1 aliphatic rings. The SMILES string of the molecule is CC(C)[C@@H](NC(=O)c1cccc(NS(C)(O)O)c1)C(=O)N1CC[C@](O)(c2ccc(Cl)cc2)C(C)(C)C1. The molecule has 1 fully saturated rings. The smallest absolute Gasteiger partial charge is 0.252 e. The van der Waals surface area contributed by atoms with Crippen LogP contribution in [0.25, 0.3) is 0 Å². The fourth-order valence-electron chi connectivity index (χ4n) is 4.65. The Morgan fingerprint density at radius 1 is 1.11 bits per heavy atom. The number of nitrogens with one attached hydrogen (secondary N) is 2. The average molecular weight is 538 g/mol. The van der Waals surface area contributed by atoms with Crippen molar-refractivity contribution in [1.29, 1.82) is 0 Å². The lowest BCUT2D eigenvalue weighted by molar-refractivity contribution is -0.155. The summed E-state index contributed by atoms with van der Waals surface area (Å²) in [6, 6.07) is 12.7. The lowest BCUT2D eigenvalue weighted by Gasteiger charge is -2.51. The molecule has 0 unspecified atom stereocenters. The highest BCUT2D eigenvalue weighted by molar-refractivity contribution is 8.24. The summed E-state index contributed by atoms with van der Waals surface area (Å²) in [6.45, 7) is 8.26. The van der Waals surface area contributed by atoms with Crippen LogP contribution in [-0.4, -0.2) is 56.3 Å². The van der Waals surface area contributed by atoms with Crippen LogP contribution in [0.15, 0.2) is 48.5 Å². The number of hydrogen-bond acceptors (Lipinski definition) is 6. The van der Waals surface area contributed by atoms with E-state index in [-0.39, 0.29) is 17.4 Å². The van der Waals surface area contributed by atoms with E-state index in [0.29, 0.717) is 30.2 Å². The van der Waals surface area contributed by atoms with Gasteiger partial charge in [0.1, 0.15) is 6.04 Å². The van der Waals surface area contributed by atoms with E-state index in [0.717, 1.165) is 5.56 Å². The van der Waals surface area contributed by atoms with Crippen molar-refractivity contribution in [3.05, 3.63) is 64.7 Å². The summed E-state index contributed by atoms with van der Waals surface area (Å²) >= 11 is 6.03. The number of hydrogen-bond donors (Lipinski definition) is 5. The molecular weight excluding hydrogens is 502 g/mol. The van der Waals surface area contributed by atoms with Gasteiger partial charge >= 0.3 is 0 Å². The summed E-state index contributed by atoms with van der Waals surface area (Å²) in [5.74, 6) is -0.820. The second-order valence-electron chi connectivity index (χ2n) is 10.5. The summed E-state index contributed by atoms with van der Waals surface area (Å²) in [5.41, 5.74) is -0.345. The molecule has 3 rings (SSSR count). The summed E-state index contributed by atoms with van der Waals surface area (Å²) in [5, 5.41) is 15.1. The Hall–Kier alpha value is -2.30. The highest BCUT2D eigenvalue weighted by Gasteiger charge is 2.50. The molecule has 0 aliphatic carbocycles. The molecule has 0 aromatic heterocycles. The normalized spacial score (nSPS) is 21.1. The van der Waals surface area contributed by atoms with Crippen molar-refractivity contribution in [2.45, 2.75) is 45.8 Å². The second kappa shape index (κ2) is 10.6. The van der Waals surface area contributed by atoms with Crippen LogP contribution in [0.2, 0.25) is 5.02 Å². The molecule has 0 spiro atoms. The van der Waals surface area contributed by atoms with E-state index in [1.54, 1.807) is 35.2 Å². The Balaban J connectivity index is 1.75. The average Bonchev–Trinajstić information content (AvgIpc) is 2.78. The van der Waals surface area contributed by atoms with Gasteiger partial charge in [0.2, 0.25) is 5.91 Å². The fourth-order valence-corrected chi connectivity index (χ4v) is 5.35. The van der Waals surface area contributed by atoms with Gasteiger partial charge in [0.05, 0.1) is 11.3 Å². The highest BCUT2D eigenvalue weighted by Crippen LogP contribution is 2.46. The Morgan fingerprint density at radius 3 is 2.31 bits per heavy atom. The summed E-state index contributed by atoms with van der Waals surface area (Å²) in [6.07, 6.45) is 1.60. The van der Waals surface area contributed by atoms with Crippen molar-refractivity contribution >= 4 is 39.9 Å². The largest absolute Gasteiger partial charge is 0.384 e. The number of aliphatic hydroxyl groups is 1. The maximum absolute atomic E-state index is 13.6. The van der Waals surface area contributed by atoms with Crippen LogP contribution >= 0.6 is 22.4 Å². The fraction of sp³-hybridized carbons (Fsp3) is 0.462. The van der Waals surface area contributed by atoms with Gasteiger partial charge < -0.3 is 15.3 Å². The first-order valence-electron chi connectivity index (χ1n) is 11.8. The number of nitrogens with zero attached hydrogens (tertiary/aromatic N) is 1. The monoisotopic (exact) mass is 537 g/mol. The standard InChI is InChI=1S/C26H36ClN3O5S/c1-17(2)22(28-23(31)18-7-6-8-21(15-18)29-36(5,34)35)24(32)30-14-13-26(33,25(3,4)16-30)19-9-11-20(27)12-10-19/h6-12,15,17,22,29,33-35H,13-14,16H2,1-5H3,(H,28,31)/t22-,26+/m1/s1. The van der Waals surface area contributed by atoms with E-state index >= 15 is 0 Å². The minimum Gasteiger partial charge on any atom is -0.384 e. The molecule has 1 aliphatic heterocycles. The van der Waals surface area contributed by atoms with Gasteiger partial charge in [0.25, 0.3) is 5.91 Å². The Labute approximate surface area is 219 Å². The van der Waals surface area contributed by atoms with Crippen molar-refractivity contribution in [2.75, 3.05) is 24.1 Å². The van der Waals surface area contributed by atoms with Crippen LogP contribution in [0.3, 0.4) is 0 Å². The molecule has 2 atom stereocenters. The molecule has 0 radical (unpaired) electrons. The van der Waals surface area contributed by atoms with Crippen molar-refractivity contribution < 1.29 is 23.8 Å². The van der Waals surface area contributed by atoms with Crippen LogP contribution in [0, 0.1) is 11.3 Å². The van der Waals surface area contributed by atoms with Crippen LogP contribution in [0.4, 0.5) is 5.69 Å². The van der Waals surface area contributed by atoms with Crippen LogP contribution in [0.5, 0.6) is 0 Å². The number of benzene rings is 2. The van der Waals surface area contributed by atoms with E-state index in [9.17, 15) is 23.8 Å². The molecule has 10 heteroatoms. The van der Waals surface area contributed by atoms with Crippen LogP contribution in [0.1, 0.15) is 50.0 Å². The molecule has 5 N–H and O–H groups in total. The zero-order chi connectivity index (χ0) is 26.9. The van der Waals surface area contributed by atoms with Crippen molar-refractivity contribution in [1.82, 2.24) is 10.2 Å². The van der Waals surface area contributed by atoms with E-state index in [4.69, 9.17) is 11.6 Å². The van der Waals surface area contributed by atoms with Gasteiger partial charge in [-0.3, -0.25) is 23.4 Å². The van der Waals surface area contributed by atoms with Gasteiger partial charge in [-0.15, -0.1) is 10.8 Å². The van der Waals surface area contributed by atoms with E-state index in [1.807, 2.05) is 39.8 Å². The van der Waals surface area contributed by atoms with Gasteiger partial charge in [-0.25, -0.2) is 0 Å². The molecule has 0 bridgehead atoms. The maximum atomic E-state index is 13.6. The van der Waals surface area contributed by atoms with Gasteiger partial charge in [-0.1, -0.05) is 57.5 Å². The number of carbonyl (C=O) groups excluding carboxylic acids is 2. The molecule has 2 aromatic carbocycles. The number of amides is 2. The van der Waals surface area contributed by atoms with Gasteiger partial charge in [-0.05, 0) is 48.2 Å². The van der Waals surface area contributed by atoms with Gasteiger partial charge in [0, 0.05) is 35.3 Å². The van der Waals surface area contributed by atoms with E-state index < -0.39 is 33.7 Å². The quantitative estimate of drug-likeness (QED) is 0.341. The number of rotatable bonds is 7. The number of likely N-dealkylation sites (tertiary alicyclic amines) is 1. The zero-order valence-electron chi connectivity index (χ0n) is 21.3. The number of piperidine rings is 1. The molecule has 2 aromatic rings. The van der Waals surface area contributed by atoms with Crippen molar-refractivity contribution in [3.63, 3.8) is 0 Å². The molecule has 1 heterocycles. The number of carbonyl (C=O) groups is 2. The number of anilines is 1. The van der Waals surface area contributed by atoms with E-state index in [2.05, 4.69) is 10.0 Å². The molecule has 2 amide bonds. The topological polar surface area (TPSA) is 122 Å². The first kappa shape index (κ1) is 28.3. The zero-order valence-corrected chi connectivity index (χ0v) is 22.9. The van der Waals surface area contributed by atoms with Crippen LogP contribution < -0.4 is 10.0 Å². The molecule has 1 saturated heterocycles. The Bertz CT molecular complexity index is 1100. The van der Waals surface area contributed by atoms with Gasteiger partial charge in [0.15, 0.2) is 0 Å². The highest BCUT2D eigenvalue weighted by atomic mass is 35.5. The summed E-state index contributed by atoms with van der Waals surface area (Å²) in [7, 11) is -3.00. The predicted molar refractivity (Wildman–Crippen MR) is 145 cm³/mol. The maximum Gasteiger partial charge on any atom is 0.252 e. The Kier molecular flexibility index (Phi) is 8.32. The summed E-state index contributed by atoms with van der Waals surface area (Å²) < 4.78 is 21.9. The lowest BCUT2D eigenvalue weighted by Crippen LogP contribution is -2.60. The number of halogens is 1. The third-order valence-electron chi connectivity index (χ3n) is 6.74. The van der Waals surface area contributed by atoms with Crippen LogP contribution in [-0.2, 0) is 10.4 Å². The minimum absolute atomic E-state index is 0.175. The third kappa shape index (κ3) is 6.33. The van der Waals surface area contributed by atoms with Crippen molar-refractivity contribution in [3.8, 4) is 0 Å². The molecule has 8 nitrogen and oxygen atoms in total. The van der Waals surface area contributed by atoms with Gasteiger partial charge in [-0.2, -0.15) is 0 Å². The molecular formula is C26H36ClN3O5S. The molecule has 198 valence electrons. The predicted octanol–water partition coefficient (Wildman–Crippen LogP) is 4.95. The molecule has 0 saturated carbocycles. The third-order valence-corrected chi connectivity index (χ3v) is 7.61. The molecule has 36 heavy (non-hydrogen) atoms.